The first-order valence-corrected chi connectivity index (χ1v) is 8.05. The van der Waals surface area contributed by atoms with Crippen LogP contribution in [-0.4, -0.2) is 31.6 Å². The van der Waals surface area contributed by atoms with Crippen LogP contribution >= 0.6 is 0 Å². The normalized spacial score (nSPS) is 10.2. The first-order valence-electron chi connectivity index (χ1n) is 8.05. The van der Waals surface area contributed by atoms with Crippen LogP contribution in [0.5, 0.6) is 0 Å². The molecule has 0 aliphatic rings. The Kier molecular flexibility index (Phi) is 6.11. The number of hydrogen-bond acceptors (Lipinski definition) is 5. The number of aryl methyl sites for hydroxylation is 3. The average Bonchev–Trinajstić information content (AvgIpc) is 2.59. The molecule has 0 saturated heterocycles. The quantitative estimate of drug-likeness (QED) is 0.833. The van der Waals surface area contributed by atoms with Gasteiger partial charge in [-0.2, -0.15) is 0 Å². The standard InChI is InChI=1S/C20H21NO5/c1-12-9-13(2)18(14(3)10-12)20(24)26-11-17(22)21-16-8-6-5-7-15(16)19(23)25-4/h5-10H,11H2,1-4H3,(H,21,22). The third-order valence-electron chi connectivity index (χ3n) is 3.82. The highest BCUT2D eigenvalue weighted by atomic mass is 16.5. The van der Waals surface area contributed by atoms with Gasteiger partial charge in [0.25, 0.3) is 5.91 Å². The molecule has 0 aromatic heterocycles. The number of ether oxygens (including phenoxy) is 2. The van der Waals surface area contributed by atoms with Gasteiger partial charge in [0.15, 0.2) is 6.61 Å². The third-order valence-corrected chi connectivity index (χ3v) is 3.82. The molecule has 0 radical (unpaired) electrons. The summed E-state index contributed by atoms with van der Waals surface area (Å²) in [6, 6.07) is 10.2. The lowest BCUT2D eigenvalue weighted by Crippen LogP contribution is -2.23. The summed E-state index contributed by atoms with van der Waals surface area (Å²) in [5.41, 5.74) is 3.61. The summed E-state index contributed by atoms with van der Waals surface area (Å²) in [4.78, 5) is 36.1. The molecular weight excluding hydrogens is 334 g/mol. The van der Waals surface area contributed by atoms with E-state index in [-0.39, 0.29) is 5.56 Å². The maximum Gasteiger partial charge on any atom is 0.339 e. The Bertz CT molecular complexity index is 834. The Morgan fingerprint density at radius 2 is 1.58 bits per heavy atom. The summed E-state index contributed by atoms with van der Waals surface area (Å²) in [6.07, 6.45) is 0. The molecule has 0 unspecified atom stereocenters. The third kappa shape index (κ3) is 4.47. The van der Waals surface area contributed by atoms with Crippen LogP contribution in [-0.2, 0) is 14.3 Å². The minimum Gasteiger partial charge on any atom is -0.465 e. The summed E-state index contributed by atoms with van der Waals surface area (Å²) < 4.78 is 9.80. The molecule has 136 valence electrons. The maximum atomic E-state index is 12.3. The van der Waals surface area contributed by atoms with Crippen molar-refractivity contribution >= 4 is 23.5 Å². The number of rotatable bonds is 5. The van der Waals surface area contributed by atoms with E-state index in [1.54, 1.807) is 18.2 Å². The number of benzene rings is 2. The number of hydrogen-bond donors (Lipinski definition) is 1. The summed E-state index contributed by atoms with van der Waals surface area (Å²) in [7, 11) is 1.26. The monoisotopic (exact) mass is 355 g/mol. The molecule has 2 rings (SSSR count). The summed E-state index contributed by atoms with van der Waals surface area (Å²) in [5, 5.41) is 2.55. The number of esters is 2. The number of amides is 1. The topological polar surface area (TPSA) is 81.7 Å². The molecule has 0 fully saturated rings. The van der Waals surface area contributed by atoms with Crippen LogP contribution in [0.4, 0.5) is 5.69 Å². The Morgan fingerprint density at radius 3 is 2.19 bits per heavy atom. The molecule has 0 bridgehead atoms. The molecule has 2 aromatic carbocycles. The molecule has 1 N–H and O–H groups in total. The molecule has 6 nitrogen and oxygen atoms in total. The SMILES string of the molecule is COC(=O)c1ccccc1NC(=O)COC(=O)c1c(C)cc(C)cc1C. The van der Waals surface area contributed by atoms with Crippen LogP contribution in [0.25, 0.3) is 0 Å². The van der Waals surface area contributed by atoms with Gasteiger partial charge >= 0.3 is 11.9 Å². The largest absolute Gasteiger partial charge is 0.465 e. The zero-order chi connectivity index (χ0) is 19.3. The van der Waals surface area contributed by atoms with Gasteiger partial charge in [-0.05, 0) is 44.0 Å². The molecular formula is C20H21NO5. The van der Waals surface area contributed by atoms with Crippen LogP contribution in [0.3, 0.4) is 0 Å². The second-order valence-electron chi connectivity index (χ2n) is 5.94. The average molecular weight is 355 g/mol. The van der Waals surface area contributed by atoms with E-state index in [2.05, 4.69) is 10.1 Å². The van der Waals surface area contributed by atoms with Crippen LogP contribution in [0.15, 0.2) is 36.4 Å². The molecule has 0 saturated carbocycles. The van der Waals surface area contributed by atoms with E-state index in [1.165, 1.54) is 13.2 Å². The van der Waals surface area contributed by atoms with Crippen molar-refractivity contribution in [2.45, 2.75) is 20.8 Å². The molecule has 26 heavy (non-hydrogen) atoms. The summed E-state index contributed by atoms with van der Waals surface area (Å²) in [5.74, 6) is -1.67. The van der Waals surface area contributed by atoms with E-state index >= 15 is 0 Å². The van der Waals surface area contributed by atoms with Crippen molar-refractivity contribution < 1.29 is 23.9 Å². The first-order chi connectivity index (χ1) is 12.3. The molecule has 0 aliphatic carbocycles. The number of para-hydroxylation sites is 1. The van der Waals surface area contributed by atoms with Gasteiger partial charge in [0.2, 0.25) is 0 Å². The Labute approximate surface area is 152 Å². The molecule has 1 amide bonds. The van der Waals surface area contributed by atoms with E-state index in [9.17, 15) is 14.4 Å². The molecule has 0 atom stereocenters. The highest BCUT2D eigenvalue weighted by Gasteiger charge is 2.17. The van der Waals surface area contributed by atoms with Crippen molar-refractivity contribution in [3.8, 4) is 0 Å². The van der Waals surface area contributed by atoms with E-state index in [1.807, 2.05) is 32.9 Å². The van der Waals surface area contributed by atoms with Crippen molar-refractivity contribution in [3.63, 3.8) is 0 Å². The van der Waals surface area contributed by atoms with Crippen molar-refractivity contribution in [2.24, 2.45) is 0 Å². The molecule has 0 spiro atoms. The van der Waals surface area contributed by atoms with E-state index < -0.39 is 24.5 Å². The Balaban J connectivity index is 2.04. The van der Waals surface area contributed by atoms with Crippen LogP contribution in [0.1, 0.15) is 37.4 Å². The smallest absolute Gasteiger partial charge is 0.339 e. The summed E-state index contributed by atoms with van der Waals surface area (Å²) in [6.45, 7) is 5.13. The van der Waals surface area contributed by atoms with Gasteiger partial charge in [-0.25, -0.2) is 9.59 Å². The highest BCUT2D eigenvalue weighted by molar-refractivity contribution is 6.02. The van der Waals surface area contributed by atoms with Gasteiger partial charge in [0, 0.05) is 0 Å². The zero-order valence-corrected chi connectivity index (χ0v) is 15.2. The number of methoxy groups -OCH3 is 1. The fourth-order valence-corrected chi connectivity index (χ4v) is 2.77. The fraction of sp³-hybridized carbons (Fsp3) is 0.250. The van der Waals surface area contributed by atoms with Gasteiger partial charge in [-0.1, -0.05) is 29.8 Å². The van der Waals surface area contributed by atoms with Gasteiger partial charge in [-0.15, -0.1) is 0 Å². The van der Waals surface area contributed by atoms with E-state index in [0.717, 1.165) is 16.7 Å². The van der Waals surface area contributed by atoms with Gasteiger partial charge in [0.1, 0.15) is 0 Å². The van der Waals surface area contributed by atoms with Crippen molar-refractivity contribution in [1.29, 1.82) is 0 Å². The minimum absolute atomic E-state index is 0.222. The van der Waals surface area contributed by atoms with Gasteiger partial charge in [0.05, 0.1) is 23.9 Å². The van der Waals surface area contributed by atoms with Crippen molar-refractivity contribution in [1.82, 2.24) is 0 Å². The Hall–Kier alpha value is -3.15. The van der Waals surface area contributed by atoms with Crippen molar-refractivity contribution in [2.75, 3.05) is 19.0 Å². The molecule has 0 aliphatic heterocycles. The van der Waals surface area contributed by atoms with Gasteiger partial charge in [-0.3, -0.25) is 4.79 Å². The van der Waals surface area contributed by atoms with Crippen LogP contribution in [0, 0.1) is 20.8 Å². The van der Waals surface area contributed by atoms with Crippen LogP contribution in [0.2, 0.25) is 0 Å². The van der Waals surface area contributed by atoms with E-state index in [4.69, 9.17) is 4.74 Å². The molecule has 0 heterocycles. The van der Waals surface area contributed by atoms with Crippen LogP contribution < -0.4 is 5.32 Å². The van der Waals surface area contributed by atoms with E-state index in [0.29, 0.717) is 11.3 Å². The Morgan fingerprint density at radius 1 is 0.962 bits per heavy atom. The highest BCUT2D eigenvalue weighted by Crippen LogP contribution is 2.18. The fourth-order valence-electron chi connectivity index (χ4n) is 2.77. The number of carbonyl (C=O) groups excluding carboxylic acids is 3. The minimum atomic E-state index is -0.566. The second-order valence-corrected chi connectivity index (χ2v) is 5.94. The lowest BCUT2D eigenvalue weighted by molar-refractivity contribution is -0.119. The zero-order valence-electron chi connectivity index (χ0n) is 15.2. The number of carbonyl (C=O) groups is 3. The predicted molar refractivity (Wildman–Crippen MR) is 97.3 cm³/mol. The second kappa shape index (κ2) is 8.29. The number of anilines is 1. The maximum absolute atomic E-state index is 12.3. The number of nitrogens with one attached hydrogen (secondary N) is 1. The van der Waals surface area contributed by atoms with Gasteiger partial charge < -0.3 is 14.8 Å². The van der Waals surface area contributed by atoms with Crippen molar-refractivity contribution in [3.05, 3.63) is 64.2 Å². The summed E-state index contributed by atoms with van der Waals surface area (Å²) >= 11 is 0. The molecule has 2 aromatic rings. The first kappa shape index (κ1) is 19.2. The predicted octanol–water partition coefficient (Wildman–Crippen LogP) is 3.19. The lowest BCUT2D eigenvalue weighted by Gasteiger charge is -2.12. The molecule has 6 heteroatoms. The lowest BCUT2D eigenvalue weighted by atomic mass is 10.00.